The van der Waals surface area contributed by atoms with Gasteiger partial charge in [0.2, 0.25) is 11.8 Å². The molecule has 0 saturated carbocycles. The zero-order valence-electron chi connectivity index (χ0n) is 19.8. The van der Waals surface area contributed by atoms with Crippen molar-refractivity contribution in [2.24, 2.45) is 0 Å². The van der Waals surface area contributed by atoms with Gasteiger partial charge in [0.1, 0.15) is 0 Å². The molecule has 0 spiro atoms. The van der Waals surface area contributed by atoms with Gasteiger partial charge < -0.3 is 19.8 Å². The van der Waals surface area contributed by atoms with Crippen LogP contribution in [0.2, 0.25) is 10.0 Å². The lowest BCUT2D eigenvalue weighted by Crippen LogP contribution is -2.44. The van der Waals surface area contributed by atoms with Crippen molar-refractivity contribution in [3.05, 3.63) is 69.5 Å². The monoisotopic (exact) mass is 531 g/mol. The van der Waals surface area contributed by atoms with Gasteiger partial charge in [-0.05, 0) is 54.8 Å². The van der Waals surface area contributed by atoms with E-state index in [0.717, 1.165) is 38.0 Å². The standard InChI is InChI=1S/C25H27Cl2N5O4/c1-35-24(34)17-3-5-18(6-4-17)29-25-31-30-23(36-25)9-8-22(33)28-19-10-12-32(13-11-19)15-16-2-7-20(26)21(27)14-16/h2-7,14,19H,8-13,15H2,1H3,(H,28,33)(H,29,31). The summed E-state index contributed by atoms with van der Waals surface area (Å²) in [5.74, 6) is -0.0759. The molecule has 0 unspecified atom stereocenters. The third-order valence-electron chi connectivity index (χ3n) is 5.93. The van der Waals surface area contributed by atoms with Gasteiger partial charge in [-0.3, -0.25) is 9.69 Å². The maximum Gasteiger partial charge on any atom is 0.337 e. The number of benzene rings is 2. The Kier molecular flexibility index (Phi) is 8.79. The van der Waals surface area contributed by atoms with E-state index in [1.165, 1.54) is 7.11 Å². The van der Waals surface area contributed by atoms with Gasteiger partial charge in [-0.15, -0.1) is 5.10 Å². The summed E-state index contributed by atoms with van der Waals surface area (Å²) in [6, 6.07) is 12.7. The largest absolute Gasteiger partial charge is 0.465 e. The predicted octanol–water partition coefficient (Wildman–Crippen LogP) is 4.62. The number of anilines is 2. The van der Waals surface area contributed by atoms with Gasteiger partial charge in [0, 0.05) is 44.2 Å². The summed E-state index contributed by atoms with van der Waals surface area (Å²) in [6.45, 7) is 2.59. The summed E-state index contributed by atoms with van der Waals surface area (Å²) in [5, 5.41) is 15.2. The van der Waals surface area contributed by atoms with Crippen LogP contribution in [-0.2, 0) is 22.5 Å². The minimum Gasteiger partial charge on any atom is -0.465 e. The summed E-state index contributed by atoms with van der Waals surface area (Å²) in [4.78, 5) is 26.3. The summed E-state index contributed by atoms with van der Waals surface area (Å²) in [5.41, 5.74) is 2.25. The van der Waals surface area contributed by atoms with E-state index in [4.69, 9.17) is 27.6 Å². The Morgan fingerprint density at radius 3 is 2.53 bits per heavy atom. The lowest BCUT2D eigenvalue weighted by molar-refractivity contribution is -0.122. The fourth-order valence-corrected chi connectivity index (χ4v) is 4.31. The normalized spacial score (nSPS) is 14.4. The zero-order chi connectivity index (χ0) is 25.5. The molecule has 2 heterocycles. The van der Waals surface area contributed by atoms with Crippen LogP contribution < -0.4 is 10.6 Å². The fourth-order valence-electron chi connectivity index (χ4n) is 3.99. The van der Waals surface area contributed by atoms with Gasteiger partial charge in [0.05, 0.1) is 22.7 Å². The Hall–Kier alpha value is -3.14. The van der Waals surface area contributed by atoms with Gasteiger partial charge in [0.25, 0.3) is 0 Å². The van der Waals surface area contributed by atoms with Gasteiger partial charge in [-0.2, -0.15) is 0 Å². The number of carbonyl (C=O) groups excluding carboxylic acids is 2. The molecule has 9 nitrogen and oxygen atoms in total. The molecule has 2 aromatic carbocycles. The molecule has 1 aliphatic rings. The number of carbonyl (C=O) groups is 2. The van der Waals surface area contributed by atoms with Crippen molar-refractivity contribution in [1.82, 2.24) is 20.4 Å². The van der Waals surface area contributed by atoms with Crippen LogP contribution in [-0.4, -0.2) is 53.2 Å². The van der Waals surface area contributed by atoms with Crippen molar-refractivity contribution in [1.29, 1.82) is 0 Å². The van der Waals surface area contributed by atoms with Crippen molar-refractivity contribution < 1.29 is 18.7 Å². The highest BCUT2D eigenvalue weighted by Gasteiger charge is 2.21. The summed E-state index contributed by atoms with van der Waals surface area (Å²) >= 11 is 12.1. The molecule has 4 rings (SSSR count). The first kappa shape index (κ1) is 25.9. The highest BCUT2D eigenvalue weighted by Crippen LogP contribution is 2.24. The lowest BCUT2D eigenvalue weighted by atomic mass is 10.0. The molecule has 1 amide bonds. The highest BCUT2D eigenvalue weighted by atomic mass is 35.5. The quantitative estimate of drug-likeness (QED) is 0.385. The smallest absolute Gasteiger partial charge is 0.337 e. The Labute approximate surface area is 219 Å². The molecule has 1 aromatic heterocycles. The lowest BCUT2D eigenvalue weighted by Gasteiger charge is -2.32. The van der Waals surface area contributed by atoms with Crippen molar-refractivity contribution >= 4 is 46.8 Å². The predicted molar refractivity (Wildman–Crippen MR) is 137 cm³/mol. The van der Waals surface area contributed by atoms with Crippen LogP contribution in [0.5, 0.6) is 0 Å². The van der Waals surface area contributed by atoms with Gasteiger partial charge in [-0.1, -0.05) is 34.4 Å². The number of hydrogen-bond donors (Lipinski definition) is 2. The van der Waals surface area contributed by atoms with Crippen LogP contribution in [0, 0.1) is 0 Å². The minimum absolute atomic E-state index is 0.0379. The van der Waals surface area contributed by atoms with Crippen LogP contribution in [0.25, 0.3) is 0 Å². The number of aromatic nitrogens is 2. The number of likely N-dealkylation sites (tertiary alicyclic amines) is 1. The molecular formula is C25H27Cl2N5O4. The van der Waals surface area contributed by atoms with Gasteiger partial charge >= 0.3 is 12.0 Å². The zero-order valence-corrected chi connectivity index (χ0v) is 21.3. The van der Waals surface area contributed by atoms with Gasteiger partial charge in [-0.25, -0.2) is 4.79 Å². The third-order valence-corrected chi connectivity index (χ3v) is 6.67. The molecule has 11 heteroatoms. The minimum atomic E-state index is -0.409. The van der Waals surface area contributed by atoms with Crippen LogP contribution in [0.3, 0.4) is 0 Å². The number of methoxy groups -OCH3 is 1. The number of aryl methyl sites for hydroxylation is 1. The Bertz CT molecular complexity index is 1190. The number of ether oxygens (including phenoxy) is 1. The van der Waals surface area contributed by atoms with E-state index in [1.54, 1.807) is 24.3 Å². The third kappa shape index (κ3) is 7.19. The molecular weight excluding hydrogens is 505 g/mol. The number of halogens is 2. The van der Waals surface area contributed by atoms with E-state index in [1.807, 2.05) is 18.2 Å². The van der Waals surface area contributed by atoms with Crippen LogP contribution in [0.15, 0.2) is 46.9 Å². The van der Waals surface area contributed by atoms with Crippen LogP contribution >= 0.6 is 23.2 Å². The maximum atomic E-state index is 12.4. The van der Waals surface area contributed by atoms with Crippen LogP contribution in [0.4, 0.5) is 11.7 Å². The first-order valence-electron chi connectivity index (χ1n) is 11.6. The molecule has 2 N–H and O–H groups in total. The number of nitrogens with zero attached hydrogens (tertiary/aromatic N) is 3. The Morgan fingerprint density at radius 1 is 1.08 bits per heavy atom. The van der Waals surface area contributed by atoms with E-state index in [-0.39, 0.29) is 24.4 Å². The van der Waals surface area contributed by atoms with Gasteiger partial charge in [0.15, 0.2) is 0 Å². The Morgan fingerprint density at radius 2 is 1.83 bits per heavy atom. The highest BCUT2D eigenvalue weighted by molar-refractivity contribution is 6.42. The molecule has 0 radical (unpaired) electrons. The SMILES string of the molecule is COC(=O)c1ccc(Nc2nnc(CCC(=O)NC3CCN(Cc4ccc(Cl)c(Cl)c4)CC3)o2)cc1. The molecule has 36 heavy (non-hydrogen) atoms. The molecule has 3 aromatic rings. The van der Waals surface area contributed by atoms with E-state index < -0.39 is 5.97 Å². The second-order valence-electron chi connectivity index (χ2n) is 8.56. The molecule has 0 atom stereocenters. The van der Waals surface area contributed by atoms with E-state index >= 15 is 0 Å². The molecule has 190 valence electrons. The Balaban J connectivity index is 1.17. The van der Waals surface area contributed by atoms with Crippen LogP contribution in [0.1, 0.15) is 41.1 Å². The molecule has 1 saturated heterocycles. The first-order chi connectivity index (χ1) is 17.4. The van der Waals surface area contributed by atoms with Crippen molar-refractivity contribution in [2.75, 3.05) is 25.5 Å². The number of hydrogen-bond acceptors (Lipinski definition) is 8. The van der Waals surface area contributed by atoms with E-state index in [9.17, 15) is 9.59 Å². The number of esters is 1. The number of piperidine rings is 1. The second kappa shape index (κ2) is 12.2. The molecule has 1 fully saturated rings. The first-order valence-corrected chi connectivity index (χ1v) is 12.4. The summed E-state index contributed by atoms with van der Waals surface area (Å²) < 4.78 is 10.3. The molecule has 0 aliphatic carbocycles. The summed E-state index contributed by atoms with van der Waals surface area (Å²) in [6.07, 6.45) is 2.38. The number of rotatable bonds is 9. The maximum absolute atomic E-state index is 12.4. The summed E-state index contributed by atoms with van der Waals surface area (Å²) in [7, 11) is 1.33. The average Bonchev–Trinajstić information content (AvgIpc) is 3.33. The second-order valence-corrected chi connectivity index (χ2v) is 9.38. The topological polar surface area (TPSA) is 110 Å². The average molecular weight is 532 g/mol. The number of nitrogens with one attached hydrogen (secondary N) is 2. The fraction of sp³-hybridized carbons (Fsp3) is 0.360. The van der Waals surface area contributed by atoms with E-state index in [0.29, 0.717) is 33.6 Å². The van der Waals surface area contributed by atoms with E-state index in [2.05, 4.69) is 30.5 Å². The van der Waals surface area contributed by atoms with Crippen molar-refractivity contribution in [3.8, 4) is 0 Å². The molecule has 0 bridgehead atoms. The van der Waals surface area contributed by atoms with Crippen molar-refractivity contribution in [3.63, 3.8) is 0 Å². The van der Waals surface area contributed by atoms with Crippen molar-refractivity contribution in [2.45, 2.75) is 38.3 Å². The molecule has 1 aliphatic heterocycles. The number of amides is 1.